The number of carbonyl (C=O) groups is 1. The Morgan fingerprint density at radius 3 is 2.75 bits per heavy atom. The Hall–Kier alpha value is -4.04. The molecule has 2 saturated carbocycles. The fourth-order valence-electron chi connectivity index (χ4n) is 8.60. The number of aryl methyl sites for hydroxylation is 2. The molecule has 5 atom stereocenters. The number of hydrogen-bond acceptors (Lipinski definition) is 6. The topological polar surface area (TPSA) is 105 Å². The van der Waals surface area contributed by atoms with Crippen molar-refractivity contribution in [1.82, 2.24) is 34.8 Å². The van der Waals surface area contributed by atoms with Gasteiger partial charge in [0.15, 0.2) is 5.82 Å². The van der Waals surface area contributed by atoms with E-state index in [1.54, 1.807) is 24.4 Å². The summed E-state index contributed by atoms with van der Waals surface area (Å²) in [7, 11) is 0. The molecule has 2 bridgehead atoms. The molecule has 5 fully saturated rings. The van der Waals surface area contributed by atoms with Gasteiger partial charge < -0.3 is 14.8 Å². The molecule has 3 aliphatic heterocycles. The van der Waals surface area contributed by atoms with Crippen LogP contribution < -0.4 is 5.32 Å². The molecule has 0 spiro atoms. The van der Waals surface area contributed by atoms with E-state index in [9.17, 15) is 10.1 Å². The highest BCUT2D eigenvalue weighted by atomic mass is 35.5. The monoisotopic (exact) mass is 682 g/mol. The first-order valence-electron chi connectivity index (χ1n) is 16.7. The van der Waals surface area contributed by atoms with Gasteiger partial charge >= 0.3 is 0 Å². The molecule has 0 radical (unpaired) electrons. The molecule has 1 N–H and O–H groups in total. The zero-order chi connectivity index (χ0) is 32.8. The second kappa shape index (κ2) is 11.3. The van der Waals surface area contributed by atoms with Crippen LogP contribution in [0.3, 0.4) is 0 Å². The first-order valence-corrected chi connectivity index (χ1v) is 17.5. The predicted octanol–water partition coefficient (Wildman–Crippen LogP) is 7.12. The van der Waals surface area contributed by atoms with Crippen LogP contribution in [0.15, 0.2) is 42.7 Å². The van der Waals surface area contributed by atoms with Gasteiger partial charge in [0.25, 0.3) is 0 Å². The van der Waals surface area contributed by atoms with E-state index in [0.717, 1.165) is 48.1 Å². The van der Waals surface area contributed by atoms with Crippen molar-refractivity contribution in [3.8, 4) is 17.2 Å². The van der Waals surface area contributed by atoms with Crippen molar-refractivity contribution in [2.45, 2.75) is 69.6 Å². The van der Waals surface area contributed by atoms with Gasteiger partial charge in [-0.1, -0.05) is 40.5 Å². The molecular weight excluding hydrogens is 650 g/mol. The Bertz CT molecular complexity index is 2160. The number of likely N-dealkylation sites (tertiary alicyclic amines) is 1. The Labute approximate surface area is 286 Å². The third kappa shape index (κ3) is 4.51. The van der Waals surface area contributed by atoms with Gasteiger partial charge in [0.05, 0.1) is 46.0 Å². The molecular formula is C36H33Cl2FN8O. The molecule has 48 heavy (non-hydrogen) atoms. The van der Waals surface area contributed by atoms with E-state index in [4.69, 9.17) is 28.2 Å². The van der Waals surface area contributed by atoms with E-state index in [1.807, 2.05) is 23.9 Å². The van der Waals surface area contributed by atoms with Crippen LogP contribution in [0.1, 0.15) is 67.2 Å². The first kappa shape index (κ1) is 30.1. The highest BCUT2D eigenvalue weighted by Gasteiger charge is 2.51. The number of nitrogens with one attached hydrogen (secondary N) is 1. The highest BCUT2D eigenvalue weighted by Crippen LogP contribution is 2.52. The smallest absolute Gasteiger partial charge is 0.226 e. The van der Waals surface area contributed by atoms with E-state index in [-0.39, 0.29) is 46.9 Å². The molecule has 244 valence electrons. The third-order valence-corrected chi connectivity index (χ3v) is 11.9. The van der Waals surface area contributed by atoms with Crippen LogP contribution in [0, 0.1) is 35.9 Å². The zero-order valence-electron chi connectivity index (χ0n) is 26.3. The van der Waals surface area contributed by atoms with Gasteiger partial charge in [0.1, 0.15) is 5.52 Å². The summed E-state index contributed by atoms with van der Waals surface area (Å²) in [6.07, 6.45) is 7.74. The standard InChI is InChI=1S/C36H33Cl2FN8O/c1-18-24-15-29(28-14-22(46-11-10-42-44-46)17-45(28)36(48)19-7-8-19)47(34-21-13-27(34)41-16-21)35(24)25-12-20(4-3-9-40)30(32(39)33(25)43-18)23-5-2-6-26(37)31(23)38/h2,5-6,10-12,15,19,21-22,27-28,34,41H,3-4,7-8,13-14,16-17H2,1H3/t21-,22+,27-,28-,34+/m1/s1. The largest absolute Gasteiger partial charge is 0.337 e. The van der Waals surface area contributed by atoms with Crippen LogP contribution in [0.4, 0.5) is 4.39 Å². The first-order chi connectivity index (χ1) is 23.3. The summed E-state index contributed by atoms with van der Waals surface area (Å²) in [6.45, 7) is 3.42. The van der Waals surface area contributed by atoms with Crippen molar-refractivity contribution in [3.63, 3.8) is 0 Å². The number of benzene rings is 2. The number of rotatable bonds is 7. The lowest BCUT2D eigenvalue weighted by Gasteiger charge is -2.39. The van der Waals surface area contributed by atoms with E-state index in [2.05, 4.69) is 37.2 Å². The Balaban J connectivity index is 1.30. The molecule has 1 amide bonds. The molecule has 3 saturated heterocycles. The number of hydrogen-bond donors (Lipinski definition) is 1. The van der Waals surface area contributed by atoms with Crippen molar-refractivity contribution in [3.05, 3.63) is 75.5 Å². The molecule has 12 heteroatoms. The molecule has 5 aliphatic rings. The second-order valence-corrected chi connectivity index (χ2v) is 14.6. The van der Waals surface area contributed by atoms with Crippen molar-refractivity contribution in [2.24, 2.45) is 11.8 Å². The van der Waals surface area contributed by atoms with E-state index >= 15 is 4.39 Å². The molecule has 2 aliphatic carbocycles. The van der Waals surface area contributed by atoms with Crippen molar-refractivity contribution in [1.29, 1.82) is 5.26 Å². The van der Waals surface area contributed by atoms with Crippen LogP contribution in [0.2, 0.25) is 10.0 Å². The lowest BCUT2D eigenvalue weighted by molar-refractivity contribution is -0.133. The highest BCUT2D eigenvalue weighted by molar-refractivity contribution is 6.43. The summed E-state index contributed by atoms with van der Waals surface area (Å²) in [5.74, 6) is 0.220. The van der Waals surface area contributed by atoms with Gasteiger partial charge in [-0.05, 0) is 68.7 Å². The molecule has 0 unspecified atom stereocenters. The zero-order valence-corrected chi connectivity index (χ0v) is 27.8. The summed E-state index contributed by atoms with van der Waals surface area (Å²) < 4.78 is 21.4. The van der Waals surface area contributed by atoms with Crippen molar-refractivity contribution < 1.29 is 9.18 Å². The van der Waals surface area contributed by atoms with Crippen molar-refractivity contribution in [2.75, 3.05) is 13.1 Å². The van der Waals surface area contributed by atoms with Gasteiger partial charge in [-0.25, -0.2) is 14.1 Å². The Morgan fingerprint density at radius 2 is 2.04 bits per heavy atom. The number of aromatic nitrogens is 5. The van der Waals surface area contributed by atoms with Gasteiger partial charge in [-0.2, -0.15) is 5.26 Å². The fourth-order valence-corrected chi connectivity index (χ4v) is 9.00. The van der Waals surface area contributed by atoms with Gasteiger partial charge in [-0.3, -0.25) is 4.79 Å². The summed E-state index contributed by atoms with van der Waals surface area (Å²) in [6, 6.07) is 11.9. The molecule has 9 nitrogen and oxygen atoms in total. The summed E-state index contributed by atoms with van der Waals surface area (Å²) in [4.78, 5) is 20.8. The van der Waals surface area contributed by atoms with Crippen LogP contribution in [0.5, 0.6) is 0 Å². The maximum absolute atomic E-state index is 17.1. The summed E-state index contributed by atoms with van der Waals surface area (Å²) >= 11 is 13.1. The molecule has 2 aromatic carbocycles. The normalized spacial score (nSPS) is 24.8. The minimum absolute atomic E-state index is 0.00102. The lowest BCUT2D eigenvalue weighted by Crippen LogP contribution is -2.41. The van der Waals surface area contributed by atoms with E-state index in [1.165, 1.54) is 0 Å². The molecule has 6 heterocycles. The van der Waals surface area contributed by atoms with Crippen LogP contribution >= 0.6 is 23.2 Å². The predicted molar refractivity (Wildman–Crippen MR) is 181 cm³/mol. The number of pyridine rings is 1. The van der Waals surface area contributed by atoms with Crippen LogP contribution in [0.25, 0.3) is 32.9 Å². The second-order valence-electron chi connectivity index (χ2n) is 13.8. The van der Waals surface area contributed by atoms with Gasteiger partial charge in [0.2, 0.25) is 5.91 Å². The SMILES string of the molecule is Cc1nc2c(F)c(-c3cccc(Cl)c3Cl)c(CCC#N)cc2c2c1cc([C@H]1C[C@H](n3ccnn3)CN1C(=O)C1CC1)n2[C@H]1[C@H]2CN[C@@H]1C2. The average molecular weight is 684 g/mol. The maximum Gasteiger partial charge on any atom is 0.226 e. The van der Waals surface area contributed by atoms with Gasteiger partial charge in [-0.15, -0.1) is 5.10 Å². The quantitative estimate of drug-likeness (QED) is 0.196. The number of nitriles is 1. The maximum atomic E-state index is 17.1. The molecule has 10 rings (SSSR count). The van der Waals surface area contributed by atoms with Crippen LogP contribution in [-0.2, 0) is 11.2 Å². The fraction of sp³-hybridized carbons (Fsp3) is 0.417. The summed E-state index contributed by atoms with van der Waals surface area (Å²) in [5.41, 5.74) is 4.45. The molecule has 3 aromatic heterocycles. The summed E-state index contributed by atoms with van der Waals surface area (Å²) in [5, 5.41) is 23.9. The van der Waals surface area contributed by atoms with E-state index < -0.39 is 5.82 Å². The van der Waals surface area contributed by atoms with Crippen LogP contribution in [-0.4, -0.2) is 54.5 Å². The average Bonchev–Trinajstić information content (AvgIpc) is 3.61. The molecule has 5 aromatic rings. The van der Waals surface area contributed by atoms with Crippen molar-refractivity contribution >= 4 is 50.9 Å². The number of halogens is 3. The lowest BCUT2D eigenvalue weighted by atomic mass is 9.79. The number of carbonyl (C=O) groups excluding carboxylic acids is 1. The Morgan fingerprint density at radius 1 is 1.19 bits per heavy atom. The number of amides is 1. The minimum Gasteiger partial charge on any atom is -0.337 e. The van der Waals surface area contributed by atoms with Gasteiger partial charge in [0, 0.05) is 71.0 Å². The number of nitrogens with zero attached hydrogens (tertiary/aromatic N) is 7. The minimum atomic E-state index is -0.476. The third-order valence-electron chi connectivity index (χ3n) is 11.1. The number of fused-ring (bicyclic) bond motifs is 4. The Kier molecular flexibility index (Phi) is 7.05. The van der Waals surface area contributed by atoms with E-state index in [0.29, 0.717) is 58.4 Å².